The Balaban J connectivity index is 1.33. The zero-order valence-electron chi connectivity index (χ0n) is 62.6. The highest BCUT2D eigenvalue weighted by Crippen LogP contribution is 2.55. The van der Waals surface area contributed by atoms with E-state index in [2.05, 4.69) is 16.0 Å². The lowest BCUT2D eigenvalue weighted by molar-refractivity contribution is -0.157. The summed E-state index contributed by atoms with van der Waals surface area (Å²) >= 11 is 6.17. The second kappa shape index (κ2) is 34.1. The summed E-state index contributed by atoms with van der Waals surface area (Å²) in [5, 5.41) is 7.88. The minimum atomic E-state index is -4.82. The molecule has 24 nitrogen and oxygen atoms in total. The van der Waals surface area contributed by atoms with E-state index in [1.54, 1.807) is 32.9 Å². The van der Waals surface area contributed by atoms with Crippen LogP contribution < -0.4 is 16.0 Å². The minimum Gasteiger partial charge on any atom is -0.347 e. The molecular weight excluding hydrogens is 1400 g/mol. The molecule has 5 aliphatic rings. The third-order valence-corrected chi connectivity index (χ3v) is 21.7. The molecule has 105 heavy (non-hydrogen) atoms. The number of amides is 12. The molecular formula is C74H103ClF6N12O12. The van der Waals surface area contributed by atoms with E-state index in [-0.39, 0.29) is 82.0 Å². The van der Waals surface area contributed by atoms with E-state index in [4.69, 9.17) is 11.6 Å². The number of nitrogens with zero attached hydrogens (tertiary/aromatic N) is 9. The Kier molecular flexibility index (Phi) is 27.2. The zero-order valence-corrected chi connectivity index (χ0v) is 63.4. The van der Waals surface area contributed by atoms with Crippen LogP contribution in [-0.2, 0) is 82.7 Å². The molecule has 4 fully saturated rings. The molecule has 9 atom stereocenters. The molecule has 3 heterocycles. The Morgan fingerprint density at radius 2 is 1.29 bits per heavy atom. The molecule has 2 aromatic rings. The highest BCUT2D eigenvalue weighted by molar-refractivity contribution is 6.31. The summed E-state index contributed by atoms with van der Waals surface area (Å²) in [6, 6.07) is -4.27. The number of hydrogen-bond acceptors (Lipinski definition) is 12. The number of likely N-dealkylation sites (N-methyl/N-ethyl adjacent to an activating group) is 7. The average molecular weight is 1500 g/mol. The number of carbonyl (C=O) groups excluding carboxylic acids is 12. The SMILES string of the molecule is CCC[C@H]1C(=O)N[C@@H]([C@@H](C)CC)C(=O)N(C)CC(=O)N(C)[C@H]2C/C=C\CCN(C2=O)[C@@H](Cc2ccc(C(F)(F)F)cc2)C(=O)N(C)CC(=O)N[C@@H](CCc2ccc(C(F)(F)F)c(Cl)c2)C(=O)N2CC3(CC3)C[C@H]2C(=O)NC2(CCC2)C(=O)N(C)[C@@H](CC(C)(C)C)C(=O)N(C)[C@H](C(=O)N(C)C)CC(=O)N1C. The number of aryl methyl sites for hydroxylation is 1. The van der Waals surface area contributed by atoms with Gasteiger partial charge in [0.05, 0.1) is 35.7 Å². The van der Waals surface area contributed by atoms with Gasteiger partial charge in [-0.05, 0) is 129 Å². The molecule has 2 saturated heterocycles. The van der Waals surface area contributed by atoms with Crippen LogP contribution in [0.15, 0.2) is 54.6 Å². The number of nitrogens with one attached hydrogen (secondary N) is 3. The van der Waals surface area contributed by atoms with Crippen molar-refractivity contribution in [1.29, 1.82) is 0 Å². The fourth-order valence-corrected chi connectivity index (χ4v) is 14.6. The van der Waals surface area contributed by atoms with Crippen molar-refractivity contribution in [3.8, 4) is 0 Å². The van der Waals surface area contributed by atoms with Crippen LogP contribution in [-0.4, -0.2) is 251 Å². The first kappa shape index (κ1) is 84.0. The van der Waals surface area contributed by atoms with Crippen LogP contribution >= 0.6 is 11.6 Å². The summed E-state index contributed by atoms with van der Waals surface area (Å²) in [5.74, 6) is -9.83. The van der Waals surface area contributed by atoms with Crippen molar-refractivity contribution in [2.75, 3.05) is 82.6 Å². The molecule has 2 bridgehead atoms. The van der Waals surface area contributed by atoms with Gasteiger partial charge in [0.2, 0.25) is 70.9 Å². The molecule has 3 aliphatic heterocycles. The summed E-state index contributed by atoms with van der Waals surface area (Å²) in [4.78, 5) is 190. The molecule has 0 aromatic heterocycles. The van der Waals surface area contributed by atoms with Gasteiger partial charge in [0, 0.05) is 75.9 Å². The van der Waals surface area contributed by atoms with E-state index in [0.29, 0.717) is 32.1 Å². The number of rotatable bonds is 11. The van der Waals surface area contributed by atoms with Crippen molar-refractivity contribution < 1.29 is 83.9 Å². The van der Waals surface area contributed by atoms with Crippen molar-refractivity contribution >= 4 is 82.5 Å². The van der Waals surface area contributed by atoms with Gasteiger partial charge in [-0.1, -0.05) is 96.3 Å². The van der Waals surface area contributed by atoms with Crippen LogP contribution in [0, 0.1) is 16.7 Å². The summed E-state index contributed by atoms with van der Waals surface area (Å²) in [7, 11) is 10.8. The highest BCUT2D eigenvalue weighted by Gasteiger charge is 2.58. The average Bonchev–Trinajstić information content (AvgIpc) is 1.62. The standard InChI is InChI=1S/C74H103ClF6N12O12/c1-15-21-51-61(97)83-60(44(3)16-2)68(104)87(10)42-59(96)89(12)52-22-18-17-19-35-92(67(52)103)54(37-46-23-27-47(28-24-46)73(76,77)78)65(101)86(9)41-57(94)82-50(30-26-45-25-29-48(49(75)36-45)74(79,80)81)63(99)93-43-71(33-34-71)40-55(93)62(98)84-72(31-20-32-72)69(105)91(14)56(39-70(4,5)6)66(102)90(13)53(64(100)85(7)8)38-58(95)88(51)11/h17-18,23-25,27-29,36,44,50-56,60H,15-16,19-22,26,30-35,37-43H2,1-14H3,(H,82,94)(H,83,97)(H,84,98)/b18-17-/t44-,50-,51-,52-,53-,54-,55-,56-,60-/m0/s1. The molecule has 2 spiro atoms. The van der Waals surface area contributed by atoms with Gasteiger partial charge < -0.3 is 60.0 Å². The van der Waals surface area contributed by atoms with Gasteiger partial charge in [-0.3, -0.25) is 57.5 Å². The Hall–Kier alpha value is -8.31. The van der Waals surface area contributed by atoms with Gasteiger partial charge in [-0.15, -0.1) is 0 Å². The van der Waals surface area contributed by atoms with Crippen molar-refractivity contribution in [2.24, 2.45) is 16.7 Å². The first-order valence-electron chi connectivity index (χ1n) is 35.9. The summed E-state index contributed by atoms with van der Waals surface area (Å²) in [5.41, 5.74) is -4.63. The molecule has 2 saturated carbocycles. The summed E-state index contributed by atoms with van der Waals surface area (Å²) in [6.45, 7) is 9.09. The molecule has 31 heteroatoms. The van der Waals surface area contributed by atoms with E-state index < -0.39 is 196 Å². The third kappa shape index (κ3) is 20.2. The van der Waals surface area contributed by atoms with E-state index in [9.17, 15) is 55.1 Å². The lowest BCUT2D eigenvalue weighted by Gasteiger charge is -2.46. The highest BCUT2D eigenvalue weighted by atomic mass is 35.5. The molecule has 7 rings (SSSR count). The maximum absolute atomic E-state index is 15.5. The second-order valence-electron chi connectivity index (χ2n) is 30.7. The van der Waals surface area contributed by atoms with Crippen molar-refractivity contribution in [2.45, 2.75) is 211 Å². The number of halogens is 7. The largest absolute Gasteiger partial charge is 0.417 e. The predicted octanol–water partition coefficient (Wildman–Crippen LogP) is 6.49. The normalized spacial score (nSPS) is 25.9. The van der Waals surface area contributed by atoms with E-state index in [0.717, 1.165) is 67.0 Å². The topological polar surface area (TPSA) is 270 Å². The number of fused-ring (bicyclic) bond motifs is 3. The molecule has 12 amide bonds. The van der Waals surface area contributed by atoms with Crippen LogP contribution in [0.3, 0.4) is 0 Å². The third-order valence-electron chi connectivity index (χ3n) is 21.4. The van der Waals surface area contributed by atoms with Crippen LogP contribution in [0.4, 0.5) is 26.3 Å². The fraction of sp³-hybridized carbons (Fsp3) is 0.649. The minimum absolute atomic E-state index is 0.00764. The predicted molar refractivity (Wildman–Crippen MR) is 377 cm³/mol. The van der Waals surface area contributed by atoms with Gasteiger partial charge >= 0.3 is 12.4 Å². The lowest BCUT2D eigenvalue weighted by atomic mass is 9.74. The number of carbonyl (C=O) groups is 12. The Morgan fingerprint density at radius 3 is 1.84 bits per heavy atom. The molecule has 0 unspecified atom stereocenters. The smallest absolute Gasteiger partial charge is 0.347 e. The summed E-state index contributed by atoms with van der Waals surface area (Å²) < 4.78 is 83.7. The van der Waals surface area contributed by atoms with Crippen LogP contribution in [0.1, 0.15) is 154 Å². The van der Waals surface area contributed by atoms with E-state index >= 15 is 28.8 Å². The maximum atomic E-state index is 15.5. The quantitative estimate of drug-likeness (QED) is 0.161. The molecule has 2 aromatic carbocycles. The van der Waals surface area contributed by atoms with E-state index in [1.807, 2.05) is 20.8 Å². The molecule has 3 N–H and O–H groups in total. The van der Waals surface area contributed by atoms with Crippen LogP contribution in [0.25, 0.3) is 0 Å². The number of hydrogen-bond donors (Lipinski definition) is 3. The van der Waals surface area contributed by atoms with Gasteiger partial charge in [0.15, 0.2) is 0 Å². The maximum Gasteiger partial charge on any atom is 0.417 e. The lowest BCUT2D eigenvalue weighted by Crippen LogP contribution is -2.68. The van der Waals surface area contributed by atoms with Crippen LogP contribution in [0.2, 0.25) is 5.02 Å². The van der Waals surface area contributed by atoms with Crippen molar-refractivity contribution in [3.63, 3.8) is 0 Å². The van der Waals surface area contributed by atoms with Crippen molar-refractivity contribution in [3.05, 3.63) is 81.9 Å². The number of alkyl halides is 6. The van der Waals surface area contributed by atoms with Gasteiger partial charge in [-0.2, -0.15) is 26.3 Å². The second-order valence-corrected chi connectivity index (χ2v) is 31.1. The van der Waals surface area contributed by atoms with Crippen molar-refractivity contribution in [1.82, 2.24) is 60.0 Å². The first-order valence-corrected chi connectivity index (χ1v) is 36.2. The summed E-state index contributed by atoms with van der Waals surface area (Å²) in [6.07, 6.45) is -5.02. The van der Waals surface area contributed by atoms with Gasteiger partial charge in [0.25, 0.3) is 0 Å². The molecule has 2 aliphatic carbocycles. The first-order chi connectivity index (χ1) is 48.9. The Labute approximate surface area is 615 Å². The van der Waals surface area contributed by atoms with Crippen LogP contribution in [0.5, 0.6) is 0 Å². The Bertz CT molecular complexity index is 3620. The monoisotopic (exact) mass is 1500 g/mol. The van der Waals surface area contributed by atoms with Gasteiger partial charge in [0.1, 0.15) is 53.9 Å². The molecule has 580 valence electrons. The zero-order chi connectivity index (χ0) is 78.3. The van der Waals surface area contributed by atoms with E-state index in [1.165, 1.54) is 76.0 Å². The number of benzene rings is 2. The Morgan fingerprint density at radius 1 is 0.657 bits per heavy atom. The molecule has 0 radical (unpaired) electrons. The fourth-order valence-electron chi connectivity index (χ4n) is 14.3. The van der Waals surface area contributed by atoms with Gasteiger partial charge in [-0.25, -0.2) is 0 Å².